The molecule has 6 heteroatoms. The molecular formula is C14H16N2O3S. The van der Waals surface area contributed by atoms with Gasteiger partial charge < -0.3 is 14.8 Å². The molecule has 0 unspecified atom stereocenters. The lowest BCUT2D eigenvalue weighted by Gasteiger charge is -2.10. The zero-order chi connectivity index (χ0) is 14.4. The summed E-state index contributed by atoms with van der Waals surface area (Å²) in [6, 6.07) is 6.89. The van der Waals surface area contributed by atoms with E-state index >= 15 is 0 Å². The molecule has 5 nitrogen and oxygen atoms in total. The number of nitrogens with one attached hydrogen (secondary N) is 1. The lowest BCUT2D eigenvalue weighted by atomic mass is 10.2. The Morgan fingerprint density at radius 2 is 2.35 bits per heavy atom. The summed E-state index contributed by atoms with van der Waals surface area (Å²) in [5.74, 6) is 0.319. The summed E-state index contributed by atoms with van der Waals surface area (Å²) in [6.07, 6.45) is 4.73. The number of aromatic nitrogens is 1. The number of hydrogen-bond acceptors (Lipinski definition) is 5. The van der Waals surface area contributed by atoms with E-state index in [9.17, 15) is 9.90 Å². The van der Waals surface area contributed by atoms with Crippen LogP contribution >= 0.6 is 11.8 Å². The first-order chi connectivity index (χ1) is 9.72. The SMILES string of the molecule is CSc1ncccc1C(=O)NCC[C@@H](O)c1ccco1. The van der Waals surface area contributed by atoms with E-state index in [1.807, 2.05) is 6.26 Å². The molecule has 0 aliphatic carbocycles. The van der Waals surface area contributed by atoms with E-state index in [1.54, 1.807) is 30.5 Å². The zero-order valence-electron chi connectivity index (χ0n) is 11.1. The molecule has 0 aromatic carbocycles. The Bertz CT molecular complexity index is 557. The molecule has 2 rings (SSSR count). The molecule has 2 aromatic heterocycles. The summed E-state index contributed by atoms with van der Waals surface area (Å²) >= 11 is 1.43. The molecule has 2 aromatic rings. The maximum atomic E-state index is 12.0. The number of aliphatic hydroxyl groups is 1. The fourth-order valence-corrected chi connectivity index (χ4v) is 2.31. The molecule has 0 aliphatic heterocycles. The number of hydrogen-bond donors (Lipinski definition) is 2. The highest BCUT2D eigenvalue weighted by atomic mass is 32.2. The predicted octanol–water partition coefficient (Wildman–Crippen LogP) is 2.25. The van der Waals surface area contributed by atoms with Crippen molar-refractivity contribution in [3.05, 3.63) is 48.0 Å². The van der Waals surface area contributed by atoms with E-state index in [0.717, 1.165) is 0 Å². The largest absolute Gasteiger partial charge is 0.467 e. The Kier molecular flexibility index (Phi) is 5.20. The molecule has 0 bridgehead atoms. The van der Waals surface area contributed by atoms with Crippen LogP contribution in [-0.4, -0.2) is 28.8 Å². The number of pyridine rings is 1. The molecule has 0 fully saturated rings. The molecule has 0 aliphatic rings. The highest BCUT2D eigenvalue weighted by Gasteiger charge is 2.13. The van der Waals surface area contributed by atoms with Gasteiger partial charge in [-0.25, -0.2) is 4.98 Å². The molecular weight excluding hydrogens is 276 g/mol. The van der Waals surface area contributed by atoms with Gasteiger partial charge in [-0.15, -0.1) is 11.8 Å². The summed E-state index contributed by atoms with van der Waals surface area (Å²) in [6.45, 7) is 0.364. The van der Waals surface area contributed by atoms with Crippen LogP contribution in [0.15, 0.2) is 46.2 Å². The normalized spacial score (nSPS) is 12.1. The standard InChI is InChI=1S/C14H16N2O3S/c1-20-14-10(4-2-7-16-14)13(18)15-8-6-11(17)12-5-3-9-19-12/h2-5,7,9,11,17H,6,8H2,1H3,(H,15,18)/t11-/m1/s1. The summed E-state index contributed by atoms with van der Waals surface area (Å²) in [4.78, 5) is 16.2. The number of aliphatic hydroxyl groups excluding tert-OH is 1. The minimum Gasteiger partial charge on any atom is -0.467 e. The van der Waals surface area contributed by atoms with Gasteiger partial charge in [0.05, 0.1) is 11.8 Å². The van der Waals surface area contributed by atoms with Gasteiger partial charge in [0, 0.05) is 12.7 Å². The Morgan fingerprint density at radius 3 is 3.05 bits per heavy atom. The van der Waals surface area contributed by atoms with Crippen LogP contribution in [0.25, 0.3) is 0 Å². The van der Waals surface area contributed by atoms with Gasteiger partial charge in [-0.1, -0.05) is 0 Å². The van der Waals surface area contributed by atoms with Crippen LogP contribution in [0.2, 0.25) is 0 Å². The van der Waals surface area contributed by atoms with Crippen LogP contribution in [0.5, 0.6) is 0 Å². The molecule has 20 heavy (non-hydrogen) atoms. The fourth-order valence-electron chi connectivity index (χ4n) is 1.77. The number of carbonyl (C=O) groups excluding carboxylic acids is 1. The number of thioether (sulfide) groups is 1. The summed E-state index contributed by atoms with van der Waals surface area (Å²) in [5.41, 5.74) is 0.549. The smallest absolute Gasteiger partial charge is 0.254 e. The van der Waals surface area contributed by atoms with Crippen molar-refractivity contribution in [1.29, 1.82) is 0 Å². The molecule has 0 saturated carbocycles. The fraction of sp³-hybridized carbons (Fsp3) is 0.286. The van der Waals surface area contributed by atoms with Crippen LogP contribution in [0.3, 0.4) is 0 Å². The molecule has 1 atom stereocenters. The number of nitrogens with zero attached hydrogens (tertiary/aromatic N) is 1. The number of furan rings is 1. The van der Waals surface area contributed by atoms with Crippen molar-refractivity contribution in [2.45, 2.75) is 17.6 Å². The van der Waals surface area contributed by atoms with Crippen molar-refractivity contribution in [2.24, 2.45) is 0 Å². The molecule has 106 valence electrons. The third-order valence-corrected chi connectivity index (χ3v) is 3.50. The molecule has 2 heterocycles. The summed E-state index contributed by atoms with van der Waals surface area (Å²) in [5, 5.41) is 13.3. The number of rotatable bonds is 6. The third kappa shape index (κ3) is 3.61. The highest BCUT2D eigenvalue weighted by Crippen LogP contribution is 2.18. The predicted molar refractivity (Wildman–Crippen MR) is 76.6 cm³/mol. The van der Waals surface area contributed by atoms with E-state index in [2.05, 4.69) is 10.3 Å². The minimum atomic E-state index is -0.709. The van der Waals surface area contributed by atoms with E-state index in [4.69, 9.17) is 4.42 Å². The van der Waals surface area contributed by atoms with E-state index < -0.39 is 6.10 Å². The van der Waals surface area contributed by atoms with E-state index in [0.29, 0.717) is 29.3 Å². The Balaban J connectivity index is 1.86. The minimum absolute atomic E-state index is 0.186. The first-order valence-electron chi connectivity index (χ1n) is 6.21. The number of carbonyl (C=O) groups is 1. The average molecular weight is 292 g/mol. The average Bonchev–Trinajstić information content (AvgIpc) is 3.01. The second-order valence-corrected chi connectivity index (χ2v) is 4.93. The summed E-state index contributed by atoms with van der Waals surface area (Å²) in [7, 11) is 0. The Morgan fingerprint density at radius 1 is 1.50 bits per heavy atom. The van der Waals surface area contributed by atoms with Crippen molar-refractivity contribution < 1.29 is 14.3 Å². The Labute approximate surface area is 121 Å². The topological polar surface area (TPSA) is 75.4 Å². The van der Waals surface area contributed by atoms with Crippen LogP contribution in [0.4, 0.5) is 0 Å². The maximum absolute atomic E-state index is 12.0. The van der Waals surface area contributed by atoms with Gasteiger partial charge in [0.25, 0.3) is 5.91 Å². The van der Waals surface area contributed by atoms with Crippen molar-refractivity contribution >= 4 is 17.7 Å². The first kappa shape index (κ1) is 14.6. The van der Waals surface area contributed by atoms with Crippen molar-refractivity contribution in [2.75, 3.05) is 12.8 Å². The molecule has 0 spiro atoms. The summed E-state index contributed by atoms with van der Waals surface area (Å²) < 4.78 is 5.10. The molecule has 1 amide bonds. The molecule has 0 saturated heterocycles. The van der Waals surface area contributed by atoms with E-state index in [-0.39, 0.29) is 5.91 Å². The van der Waals surface area contributed by atoms with Gasteiger partial charge in [-0.3, -0.25) is 4.79 Å². The number of amides is 1. The van der Waals surface area contributed by atoms with Gasteiger partial charge in [-0.2, -0.15) is 0 Å². The molecule has 0 radical (unpaired) electrons. The second kappa shape index (κ2) is 7.12. The highest BCUT2D eigenvalue weighted by molar-refractivity contribution is 7.98. The third-order valence-electron chi connectivity index (χ3n) is 2.78. The van der Waals surface area contributed by atoms with Gasteiger partial charge >= 0.3 is 0 Å². The van der Waals surface area contributed by atoms with Crippen LogP contribution in [-0.2, 0) is 0 Å². The van der Waals surface area contributed by atoms with Gasteiger partial charge in [0.1, 0.15) is 16.9 Å². The van der Waals surface area contributed by atoms with Gasteiger partial charge in [0.15, 0.2) is 0 Å². The van der Waals surface area contributed by atoms with E-state index in [1.165, 1.54) is 18.0 Å². The maximum Gasteiger partial charge on any atom is 0.254 e. The lowest BCUT2D eigenvalue weighted by Crippen LogP contribution is -2.26. The zero-order valence-corrected chi connectivity index (χ0v) is 11.9. The monoisotopic (exact) mass is 292 g/mol. The van der Waals surface area contributed by atoms with Crippen LogP contribution < -0.4 is 5.32 Å². The van der Waals surface area contributed by atoms with Crippen LogP contribution in [0, 0.1) is 0 Å². The first-order valence-corrected chi connectivity index (χ1v) is 7.43. The Hall–Kier alpha value is -1.79. The van der Waals surface area contributed by atoms with Crippen LogP contribution in [0.1, 0.15) is 28.6 Å². The second-order valence-electron chi connectivity index (χ2n) is 4.14. The van der Waals surface area contributed by atoms with Gasteiger partial charge in [0.2, 0.25) is 0 Å². The lowest BCUT2D eigenvalue weighted by molar-refractivity contribution is 0.0932. The van der Waals surface area contributed by atoms with Crippen molar-refractivity contribution in [3.8, 4) is 0 Å². The van der Waals surface area contributed by atoms with Crippen molar-refractivity contribution in [1.82, 2.24) is 10.3 Å². The quantitative estimate of drug-likeness (QED) is 0.799. The molecule has 2 N–H and O–H groups in total. The van der Waals surface area contributed by atoms with Gasteiger partial charge in [-0.05, 0) is 36.9 Å². The van der Waals surface area contributed by atoms with Crippen molar-refractivity contribution in [3.63, 3.8) is 0 Å².